The Hall–Kier alpha value is -3.87. The van der Waals surface area contributed by atoms with E-state index < -0.39 is 30.4 Å². The first kappa shape index (κ1) is 20.9. The molecule has 154 valence electrons. The van der Waals surface area contributed by atoms with Gasteiger partial charge in [-0.2, -0.15) is 0 Å². The van der Waals surface area contributed by atoms with Gasteiger partial charge in [-0.15, -0.1) is 0 Å². The third-order valence-electron chi connectivity index (χ3n) is 3.96. The van der Waals surface area contributed by atoms with Gasteiger partial charge in [0.1, 0.15) is 11.5 Å². The second kappa shape index (κ2) is 10.1. The van der Waals surface area contributed by atoms with E-state index in [2.05, 4.69) is 5.32 Å². The Kier molecular flexibility index (Phi) is 7.00. The number of halogens is 1. The van der Waals surface area contributed by atoms with Crippen LogP contribution in [-0.2, 0) is 14.3 Å². The number of anilines is 1. The molecule has 1 amide bonds. The Morgan fingerprint density at radius 2 is 1.53 bits per heavy atom. The van der Waals surface area contributed by atoms with Crippen molar-refractivity contribution in [2.45, 2.75) is 13.0 Å². The minimum absolute atomic E-state index is 0.0654. The van der Waals surface area contributed by atoms with E-state index >= 15 is 0 Å². The molecule has 0 aliphatic carbocycles. The van der Waals surface area contributed by atoms with Gasteiger partial charge in [-0.05, 0) is 55.5 Å². The van der Waals surface area contributed by atoms with Crippen molar-refractivity contribution in [2.24, 2.45) is 0 Å². The molecule has 3 aromatic carbocycles. The number of amides is 1. The average Bonchev–Trinajstić information content (AvgIpc) is 2.75. The Balaban J connectivity index is 1.46. The van der Waals surface area contributed by atoms with E-state index in [1.807, 2.05) is 30.3 Å². The lowest BCUT2D eigenvalue weighted by molar-refractivity contribution is -0.155. The molecule has 0 saturated carbocycles. The first-order valence-electron chi connectivity index (χ1n) is 9.22. The van der Waals surface area contributed by atoms with Gasteiger partial charge in [0.05, 0.1) is 0 Å². The standard InChI is InChI=1S/C23H20FNO5/c1-16(29-22(26)15-28-21-10-6-5-9-20(21)24)23(27)25-17-11-13-19(14-12-17)30-18-7-3-2-4-8-18/h2-14,16H,15H2,1H3,(H,25,27). The summed E-state index contributed by atoms with van der Waals surface area (Å²) in [6.45, 7) is 0.924. The van der Waals surface area contributed by atoms with E-state index in [-0.39, 0.29) is 5.75 Å². The molecule has 0 saturated heterocycles. The fraction of sp³-hybridized carbons (Fsp3) is 0.130. The van der Waals surface area contributed by atoms with Gasteiger partial charge in [-0.1, -0.05) is 30.3 Å². The Labute approximate surface area is 173 Å². The van der Waals surface area contributed by atoms with Crippen LogP contribution in [0.15, 0.2) is 78.9 Å². The Morgan fingerprint density at radius 1 is 0.900 bits per heavy atom. The molecule has 30 heavy (non-hydrogen) atoms. The van der Waals surface area contributed by atoms with E-state index in [0.717, 1.165) is 0 Å². The molecule has 3 rings (SSSR count). The molecule has 0 aromatic heterocycles. The molecule has 0 aliphatic rings. The molecule has 0 aliphatic heterocycles. The third-order valence-corrected chi connectivity index (χ3v) is 3.96. The molecule has 1 atom stereocenters. The summed E-state index contributed by atoms with van der Waals surface area (Å²) in [4.78, 5) is 24.1. The summed E-state index contributed by atoms with van der Waals surface area (Å²) in [7, 11) is 0. The van der Waals surface area contributed by atoms with Crippen molar-refractivity contribution < 1.29 is 28.2 Å². The minimum Gasteiger partial charge on any atom is -0.479 e. The van der Waals surface area contributed by atoms with E-state index in [9.17, 15) is 14.0 Å². The van der Waals surface area contributed by atoms with E-state index in [1.165, 1.54) is 25.1 Å². The van der Waals surface area contributed by atoms with Crippen LogP contribution in [0.3, 0.4) is 0 Å². The summed E-state index contributed by atoms with van der Waals surface area (Å²) in [5.41, 5.74) is 0.519. The van der Waals surface area contributed by atoms with Crippen LogP contribution in [0.5, 0.6) is 17.2 Å². The zero-order valence-electron chi connectivity index (χ0n) is 16.2. The number of nitrogens with one attached hydrogen (secondary N) is 1. The number of hydrogen-bond donors (Lipinski definition) is 1. The monoisotopic (exact) mass is 409 g/mol. The van der Waals surface area contributed by atoms with Gasteiger partial charge in [0, 0.05) is 5.69 Å². The maximum absolute atomic E-state index is 13.5. The molecule has 1 N–H and O–H groups in total. The summed E-state index contributed by atoms with van der Waals surface area (Å²) >= 11 is 0. The molecule has 3 aromatic rings. The van der Waals surface area contributed by atoms with Gasteiger partial charge in [-0.25, -0.2) is 9.18 Å². The Bertz CT molecular complexity index is 992. The highest BCUT2D eigenvalue weighted by Gasteiger charge is 2.18. The minimum atomic E-state index is -1.05. The van der Waals surface area contributed by atoms with Crippen molar-refractivity contribution >= 4 is 17.6 Å². The molecule has 1 unspecified atom stereocenters. The number of carbonyl (C=O) groups is 2. The topological polar surface area (TPSA) is 73.9 Å². The molecule has 7 heteroatoms. The van der Waals surface area contributed by atoms with Crippen LogP contribution in [0.25, 0.3) is 0 Å². The van der Waals surface area contributed by atoms with Crippen LogP contribution in [0.1, 0.15) is 6.92 Å². The lowest BCUT2D eigenvalue weighted by atomic mass is 10.2. The lowest BCUT2D eigenvalue weighted by Crippen LogP contribution is -2.31. The van der Waals surface area contributed by atoms with Gasteiger partial charge in [-0.3, -0.25) is 4.79 Å². The van der Waals surface area contributed by atoms with Crippen molar-refractivity contribution in [2.75, 3.05) is 11.9 Å². The number of rotatable bonds is 8. The number of carbonyl (C=O) groups excluding carboxylic acids is 2. The predicted molar refractivity (Wildman–Crippen MR) is 109 cm³/mol. The van der Waals surface area contributed by atoms with Crippen molar-refractivity contribution in [1.82, 2.24) is 0 Å². The molecular formula is C23H20FNO5. The van der Waals surface area contributed by atoms with Crippen LogP contribution in [0.4, 0.5) is 10.1 Å². The number of ether oxygens (including phenoxy) is 3. The smallest absolute Gasteiger partial charge is 0.344 e. The van der Waals surface area contributed by atoms with Crippen LogP contribution < -0.4 is 14.8 Å². The zero-order valence-corrected chi connectivity index (χ0v) is 16.2. The third kappa shape index (κ3) is 6.07. The van der Waals surface area contributed by atoms with Crippen molar-refractivity contribution in [3.8, 4) is 17.2 Å². The quantitative estimate of drug-likeness (QED) is 0.552. The summed E-state index contributed by atoms with van der Waals surface area (Å²) in [6.07, 6.45) is -1.05. The van der Waals surface area contributed by atoms with Gasteiger partial charge in [0.2, 0.25) is 0 Å². The highest BCUT2D eigenvalue weighted by molar-refractivity contribution is 5.95. The fourth-order valence-corrected chi connectivity index (χ4v) is 2.46. The van der Waals surface area contributed by atoms with E-state index in [4.69, 9.17) is 14.2 Å². The summed E-state index contributed by atoms with van der Waals surface area (Å²) < 4.78 is 29.3. The molecule has 0 spiro atoms. The van der Waals surface area contributed by atoms with Crippen LogP contribution in [0, 0.1) is 5.82 Å². The maximum Gasteiger partial charge on any atom is 0.344 e. The van der Waals surface area contributed by atoms with Crippen molar-refractivity contribution in [3.05, 3.63) is 84.7 Å². The highest BCUT2D eigenvalue weighted by atomic mass is 19.1. The van der Waals surface area contributed by atoms with Gasteiger partial charge < -0.3 is 19.5 Å². The van der Waals surface area contributed by atoms with Gasteiger partial charge in [0.15, 0.2) is 24.3 Å². The number of benzene rings is 3. The summed E-state index contributed by atoms with van der Waals surface area (Å²) in [5.74, 6) is -0.630. The van der Waals surface area contributed by atoms with E-state index in [1.54, 1.807) is 30.3 Å². The Morgan fingerprint density at radius 3 is 2.23 bits per heavy atom. The van der Waals surface area contributed by atoms with E-state index in [0.29, 0.717) is 17.2 Å². The second-order valence-electron chi connectivity index (χ2n) is 6.28. The number of esters is 1. The number of hydrogen-bond acceptors (Lipinski definition) is 5. The maximum atomic E-state index is 13.5. The summed E-state index contributed by atoms with van der Waals surface area (Å²) in [6, 6.07) is 21.8. The molecule has 0 fully saturated rings. The molecule has 0 radical (unpaired) electrons. The normalized spacial score (nSPS) is 11.3. The van der Waals surface area contributed by atoms with Crippen LogP contribution in [0.2, 0.25) is 0 Å². The van der Waals surface area contributed by atoms with Crippen molar-refractivity contribution in [1.29, 1.82) is 0 Å². The highest BCUT2D eigenvalue weighted by Crippen LogP contribution is 2.22. The summed E-state index contributed by atoms with van der Waals surface area (Å²) in [5, 5.41) is 2.65. The lowest BCUT2D eigenvalue weighted by Gasteiger charge is -2.14. The fourth-order valence-electron chi connectivity index (χ4n) is 2.46. The molecular weight excluding hydrogens is 389 g/mol. The number of para-hydroxylation sites is 2. The first-order valence-corrected chi connectivity index (χ1v) is 9.22. The largest absolute Gasteiger partial charge is 0.479 e. The zero-order chi connectivity index (χ0) is 21.3. The second-order valence-corrected chi connectivity index (χ2v) is 6.28. The SMILES string of the molecule is CC(OC(=O)COc1ccccc1F)C(=O)Nc1ccc(Oc2ccccc2)cc1. The predicted octanol–water partition coefficient (Wildman–Crippen LogP) is 4.57. The van der Waals surface area contributed by atoms with Gasteiger partial charge in [0.25, 0.3) is 5.91 Å². The first-order chi connectivity index (χ1) is 14.5. The average molecular weight is 409 g/mol. The van der Waals surface area contributed by atoms with Crippen molar-refractivity contribution in [3.63, 3.8) is 0 Å². The molecule has 0 bridgehead atoms. The van der Waals surface area contributed by atoms with Crippen LogP contribution >= 0.6 is 0 Å². The van der Waals surface area contributed by atoms with Gasteiger partial charge >= 0.3 is 5.97 Å². The molecule has 0 heterocycles. The van der Waals surface area contributed by atoms with Crippen LogP contribution in [-0.4, -0.2) is 24.6 Å². The molecule has 6 nitrogen and oxygen atoms in total.